The van der Waals surface area contributed by atoms with E-state index in [9.17, 15) is 0 Å². The quantitative estimate of drug-likeness (QED) is 0.539. The molecule has 2 nitrogen and oxygen atoms in total. The van der Waals surface area contributed by atoms with Crippen LogP contribution in [0.5, 0.6) is 0 Å². The van der Waals surface area contributed by atoms with Gasteiger partial charge in [0.1, 0.15) is 11.4 Å². The van der Waals surface area contributed by atoms with Crippen LogP contribution in [0.15, 0.2) is 48.7 Å². The number of hydrogen-bond donors (Lipinski definition) is 0. The first kappa shape index (κ1) is 17.1. The van der Waals surface area contributed by atoms with Gasteiger partial charge in [0.15, 0.2) is 7.05 Å². The van der Waals surface area contributed by atoms with Gasteiger partial charge in [-0.2, -0.15) is 0 Å². The predicted molar refractivity (Wildman–Crippen MR) is 108 cm³/mol. The summed E-state index contributed by atoms with van der Waals surface area (Å²) in [6.45, 7) is 14.0. The Kier molecular flexibility index (Phi) is 3.50. The minimum absolute atomic E-state index is 0.00582. The molecule has 0 radical (unpaired) electrons. The highest BCUT2D eigenvalue weighted by atomic mass is 15.4. The van der Waals surface area contributed by atoms with E-state index in [1.54, 1.807) is 0 Å². The van der Waals surface area contributed by atoms with Crippen LogP contribution in [0, 0.1) is 13.8 Å². The van der Waals surface area contributed by atoms with Crippen molar-refractivity contribution in [2.75, 3.05) is 0 Å². The third-order valence-corrected chi connectivity index (χ3v) is 6.92. The summed E-state index contributed by atoms with van der Waals surface area (Å²) in [5.74, 6) is 0. The van der Waals surface area contributed by atoms with Crippen molar-refractivity contribution in [2.24, 2.45) is 7.05 Å². The van der Waals surface area contributed by atoms with Crippen molar-refractivity contribution < 1.29 is 4.68 Å². The summed E-state index contributed by atoms with van der Waals surface area (Å²) >= 11 is 0. The van der Waals surface area contributed by atoms with Gasteiger partial charge in [-0.05, 0) is 36.1 Å². The molecule has 0 spiro atoms. The Bertz CT molecular complexity index is 1000. The molecular weight excluding hydrogens is 316 g/mol. The fraction of sp³-hybridized carbons (Fsp3) is 0.375. The second-order valence-corrected chi connectivity index (χ2v) is 8.80. The molecule has 2 aromatic carbocycles. The smallest absolute Gasteiger partial charge is 0.124 e. The summed E-state index contributed by atoms with van der Waals surface area (Å²) in [5.41, 5.74) is 9.56. The van der Waals surface area contributed by atoms with E-state index in [0.717, 1.165) is 0 Å². The molecule has 4 rings (SSSR count). The first-order chi connectivity index (χ1) is 12.2. The number of aryl methyl sites for hydroxylation is 2. The van der Waals surface area contributed by atoms with Crippen LogP contribution in [0.4, 0.5) is 0 Å². The molecule has 2 heteroatoms. The number of hydrogen-bond acceptors (Lipinski definition) is 0. The van der Waals surface area contributed by atoms with Gasteiger partial charge in [0.25, 0.3) is 0 Å². The lowest BCUT2D eigenvalue weighted by molar-refractivity contribution is -0.745. The van der Waals surface area contributed by atoms with Crippen molar-refractivity contribution >= 4 is 0 Å². The van der Waals surface area contributed by atoms with E-state index in [1.165, 1.54) is 39.2 Å². The van der Waals surface area contributed by atoms with Crippen LogP contribution in [0.3, 0.4) is 0 Å². The molecule has 0 amide bonds. The molecule has 2 heterocycles. The number of benzene rings is 2. The van der Waals surface area contributed by atoms with E-state index in [1.807, 2.05) is 0 Å². The largest absolute Gasteiger partial charge is 0.203 e. The van der Waals surface area contributed by atoms with E-state index in [-0.39, 0.29) is 10.8 Å². The fourth-order valence-corrected chi connectivity index (χ4v) is 4.49. The lowest BCUT2D eigenvalue weighted by atomic mass is 9.59. The minimum Gasteiger partial charge on any atom is -0.124 e. The Balaban J connectivity index is 2.17. The highest BCUT2D eigenvalue weighted by Gasteiger charge is 2.51. The Morgan fingerprint density at radius 2 is 1.50 bits per heavy atom. The van der Waals surface area contributed by atoms with Gasteiger partial charge in [-0.1, -0.05) is 70.2 Å². The summed E-state index contributed by atoms with van der Waals surface area (Å²) in [7, 11) is 2.16. The molecule has 0 N–H and O–H groups in total. The topological polar surface area (TPSA) is 8.81 Å². The fourth-order valence-electron chi connectivity index (χ4n) is 4.49. The molecule has 0 saturated carbocycles. The molecule has 0 fully saturated rings. The van der Waals surface area contributed by atoms with E-state index in [4.69, 9.17) is 0 Å². The Morgan fingerprint density at radius 3 is 2.15 bits per heavy atom. The Morgan fingerprint density at radius 1 is 0.846 bits per heavy atom. The number of rotatable bonds is 1. The standard InChI is InChI=1S/C24H29N2/c1-16-13-14-20-21(17(16)2)26-22(24(5,6)23(20,3)4)19(15-25(26)7)18-11-9-8-10-12-18/h8-15H,1-7H3/q+1. The molecular formula is C24H29N2+. The van der Waals surface area contributed by atoms with E-state index in [2.05, 4.69) is 107 Å². The average Bonchev–Trinajstić information content (AvgIpc) is 2.95. The second kappa shape index (κ2) is 5.33. The van der Waals surface area contributed by atoms with Crippen molar-refractivity contribution in [2.45, 2.75) is 52.4 Å². The average molecular weight is 346 g/mol. The number of nitrogens with zero attached hydrogens (tertiary/aromatic N) is 2. The lowest BCUT2D eigenvalue weighted by Gasteiger charge is -2.46. The van der Waals surface area contributed by atoms with Gasteiger partial charge in [0, 0.05) is 10.8 Å². The zero-order chi connectivity index (χ0) is 18.9. The van der Waals surface area contributed by atoms with Gasteiger partial charge in [-0.15, -0.1) is 9.36 Å². The molecule has 1 aliphatic rings. The summed E-state index contributed by atoms with van der Waals surface area (Å²) < 4.78 is 4.71. The third-order valence-electron chi connectivity index (χ3n) is 6.92. The minimum atomic E-state index is -0.00582. The van der Waals surface area contributed by atoms with Crippen LogP contribution < -0.4 is 4.68 Å². The molecule has 3 aromatic rings. The Labute approximate surface area is 157 Å². The van der Waals surface area contributed by atoms with Crippen LogP contribution in [0.25, 0.3) is 16.8 Å². The molecule has 1 aromatic heterocycles. The first-order valence-electron chi connectivity index (χ1n) is 9.46. The molecule has 0 unspecified atom stereocenters. The normalized spacial score (nSPS) is 16.9. The monoisotopic (exact) mass is 345 g/mol. The predicted octanol–water partition coefficient (Wildman–Crippen LogP) is 5.15. The first-order valence-corrected chi connectivity index (χ1v) is 9.46. The summed E-state index contributed by atoms with van der Waals surface area (Å²) in [6.07, 6.45) is 2.29. The van der Waals surface area contributed by atoms with Crippen LogP contribution in [0.1, 0.15) is 50.1 Å². The third kappa shape index (κ3) is 2.02. The van der Waals surface area contributed by atoms with Crippen molar-refractivity contribution in [1.29, 1.82) is 0 Å². The number of aromatic nitrogens is 2. The summed E-state index contributed by atoms with van der Waals surface area (Å²) in [4.78, 5) is 0. The molecule has 1 aliphatic heterocycles. The highest BCUT2D eigenvalue weighted by molar-refractivity contribution is 5.70. The molecule has 0 atom stereocenters. The van der Waals surface area contributed by atoms with Crippen LogP contribution in [-0.4, -0.2) is 4.68 Å². The summed E-state index contributed by atoms with van der Waals surface area (Å²) in [6, 6.07) is 15.4. The molecule has 134 valence electrons. The van der Waals surface area contributed by atoms with Crippen LogP contribution >= 0.6 is 0 Å². The van der Waals surface area contributed by atoms with Crippen molar-refractivity contribution in [3.8, 4) is 16.8 Å². The molecule has 0 aliphatic carbocycles. The molecule has 0 bridgehead atoms. The van der Waals surface area contributed by atoms with Crippen LogP contribution in [0.2, 0.25) is 0 Å². The number of fused-ring (bicyclic) bond motifs is 3. The zero-order valence-electron chi connectivity index (χ0n) is 17.0. The molecule has 0 saturated heterocycles. The van der Waals surface area contributed by atoms with E-state index >= 15 is 0 Å². The van der Waals surface area contributed by atoms with Gasteiger partial charge in [-0.25, -0.2) is 0 Å². The van der Waals surface area contributed by atoms with Gasteiger partial charge in [0.05, 0.1) is 5.56 Å². The maximum Gasteiger partial charge on any atom is 0.203 e. The maximum absolute atomic E-state index is 2.45. The highest BCUT2D eigenvalue weighted by Crippen LogP contribution is 2.52. The maximum atomic E-state index is 2.45. The SMILES string of the molecule is Cc1ccc2c(c1C)-n1c(c(-c3ccccc3)c[n+]1C)C(C)(C)C2(C)C. The van der Waals surface area contributed by atoms with Gasteiger partial charge >= 0.3 is 0 Å². The van der Waals surface area contributed by atoms with E-state index in [0.29, 0.717) is 0 Å². The van der Waals surface area contributed by atoms with Crippen LogP contribution in [-0.2, 0) is 17.9 Å². The lowest BCUT2D eigenvalue weighted by Crippen LogP contribution is -2.51. The van der Waals surface area contributed by atoms with Crippen molar-refractivity contribution in [3.63, 3.8) is 0 Å². The van der Waals surface area contributed by atoms with Crippen molar-refractivity contribution in [1.82, 2.24) is 4.68 Å². The van der Waals surface area contributed by atoms with Gasteiger partial charge < -0.3 is 0 Å². The second-order valence-electron chi connectivity index (χ2n) is 8.80. The Hall–Kier alpha value is -2.35. The zero-order valence-corrected chi connectivity index (χ0v) is 17.0. The molecule has 26 heavy (non-hydrogen) atoms. The van der Waals surface area contributed by atoms with E-state index < -0.39 is 0 Å². The van der Waals surface area contributed by atoms with Gasteiger partial charge in [-0.3, -0.25) is 0 Å². The van der Waals surface area contributed by atoms with Crippen molar-refractivity contribution in [3.05, 3.63) is 71.0 Å². The summed E-state index contributed by atoms with van der Waals surface area (Å²) in [5, 5.41) is 0. The van der Waals surface area contributed by atoms with Gasteiger partial charge in [0.2, 0.25) is 6.20 Å².